The molecule has 19 heavy (non-hydrogen) atoms. The molecule has 0 aliphatic heterocycles. The standard InChI is InChI=1S/C13H12N2O4/c16-12(10-4-5-11(19-10)13(17)18)15-8-6-9-3-1-2-7-14-9/h1-5,7H,6,8H2,(H,15,16)(H,17,18). The number of nitrogens with zero attached hydrogens (tertiary/aromatic N) is 1. The van der Waals surface area contributed by atoms with Crippen molar-refractivity contribution in [3.8, 4) is 0 Å². The van der Waals surface area contributed by atoms with Gasteiger partial charge in [-0.15, -0.1) is 0 Å². The molecule has 2 aromatic rings. The molecule has 0 saturated heterocycles. The van der Waals surface area contributed by atoms with Crippen LogP contribution >= 0.6 is 0 Å². The molecular weight excluding hydrogens is 248 g/mol. The fourth-order valence-electron chi connectivity index (χ4n) is 1.51. The molecule has 0 radical (unpaired) electrons. The number of pyridine rings is 1. The average molecular weight is 260 g/mol. The van der Waals surface area contributed by atoms with Gasteiger partial charge in [-0.25, -0.2) is 4.79 Å². The number of rotatable bonds is 5. The molecule has 0 aliphatic carbocycles. The average Bonchev–Trinajstić information content (AvgIpc) is 2.89. The molecule has 0 spiro atoms. The van der Waals surface area contributed by atoms with Gasteiger partial charge in [0.25, 0.3) is 5.91 Å². The summed E-state index contributed by atoms with van der Waals surface area (Å²) in [5.41, 5.74) is 0.869. The molecule has 0 atom stereocenters. The zero-order valence-corrected chi connectivity index (χ0v) is 10.00. The second kappa shape index (κ2) is 5.81. The summed E-state index contributed by atoms with van der Waals surface area (Å²) in [5.74, 6) is -1.91. The van der Waals surface area contributed by atoms with E-state index in [4.69, 9.17) is 9.52 Å². The number of hydrogen-bond acceptors (Lipinski definition) is 4. The highest BCUT2D eigenvalue weighted by molar-refractivity contribution is 5.93. The largest absolute Gasteiger partial charge is 0.475 e. The van der Waals surface area contributed by atoms with E-state index in [9.17, 15) is 9.59 Å². The molecule has 0 unspecified atom stereocenters. The molecule has 1 amide bonds. The van der Waals surface area contributed by atoms with Crippen LogP contribution in [0.25, 0.3) is 0 Å². The number of amides is 1. The van der Waals surface area contributed by atoms with Gasteiger partial charge in [-0.1, -0.05) is 6.07 Å². The van der Waals surface area contributed by atoms with Crippen LogP contribution in [0.4, 0.5) is 0 Å². The first-order valence-corrected chi connectivity index (χ1v) is 5.68. The third-order valence-corrected chi connectivity index (χ3v) is 2.43. The molecule has 2 heterocycles. The second-order valence-corrected chi connectivity index (χ2v) is 3.80. The summed E-state index contributed by atoms with van der Waals surface area (Å²) in [7, 11) is 0. The molecule has 6 heteroatoms. The van der Waals surface area contributed by atoms with Crippen molar-refractivity contribution in [3.05, 3.63) is 53.7 Å². The first-order chi connectivity index (χ1) is 9.16. The Labute approximate surface area is 109 Å². The third-order valence-electron chi connectivity index (χ3n) is 2.43. The van der Waals surface area contributed by atoms with Crippen LogP contribution in [0.15, 0.2) is 40.9 Å². The molecule has 0 fully saturated rings. The van der Waals surface area contributed by atoms with Crippen molar-refractivity contribution >= 4 is 11.9 Å². The summed E-state index contributed by atoms with van der Waals surface area (Å²) < 4.78 is 4.88. The molecule has 0 aliphatic rings. The molecule has 0 aromatic carbocycles. The number of aromatic nitrogens is 1. The first kappa shape index (κ1) is 12.8. The Morgan fingerprint density at radius 2 is 2.00 bits per heavy atom. The summed E-state index contributed by atoms with van der Waals surface area (Å²) in [6.45, 7) is 0.402. The second-order valence-electron chi connectivity index (χ2n) is 3.80. The SMILES string of the molecule is O=C(O)c1ccc(C(=O)NCCc2ccccn2)o1. The molecule has 2 rings (SSSR count). The highest BCUT2D eigenvalue weighted by Crippen LogP contribution is 2.07. The minimum atomic E-state index is -1.20. The Bertz CT molecular complexity index is 577. The number of aromatic carboxylic acids is 1. The highest BCUT2D eigenvalue weighted by Gasteiger charge is 2.14. The van der Waals surface area contributed by atoms with Gasteiger partial charge in [-0.05, 0) is 24.3 Å². The minimum Gasteiger partial charge on any atom is -0.475 e. The predicted molar refractivity (Wildman–Crippen MR) is 65.9 cm³/mol. The van der Waals surface area contributed by atoms with Crippen LogP contribution in [-0.2, 0) is 6.42 Å². The lowest BCUT2D eigenvalue weighted by atomic mass is 10.2. The van der Waals surface area contributed by atoms with Crippen LogP contribution in [0.5, 0.6) is 0 Å². The molecule has 2 aromatic heterocycles. The smallest absolute Gasteiger partial charge is 0.371 e. The number of furan rings is 1. The fourth-order valence-corrected chi connectivity index (χ4v) is 1.51. The van der Waals surface area contributed by atoms with Crippen molar-refractivity contribution in [2.24, 2.45) is 0 Å². The Hall–Kier alpha value is -2.63. The van der Waals surface area contributed by atoms with Gasteiger partial charge in [-0.3, -0.25) is 9.78 Å². The van der Waals surface area contributed by atoms with Crippen molar-refractivity contribution in [2.45, 2.75) is 6.42 Å². The van der Waals surface area contributed by atoms with Crippen LogP contribution in [0.1, 0.15) is 26.8 Å². The van der Waals surface area contributed by atoms with Gasteiger partial charge in [0, 0.05) is 24.9 Å². The maximum Gasteiger partial charge on any atom is 0.371 e. The number of carbonyl (C=O) groups is 2. The van der Waals surface area contributed by atoms with Crippen molar-refractivity contribution in [1.82, 2.24) is 10.3 Å². The van der Waals surface area contributed by atoms with Gasteiger partial charge >= 0.3 is 5.97 Å². The fraction of sp³-hybridized carbons (Fsp3) is 0.154. The Balaban J connectivity index is 1.85. The lowest BCUT2D eigenvalue weighted by Gasteiger charge is -2.02. The molecule has 6 nitrogen and oxygen atoms in total. The van der Waals surface area contributed by atoms with E-state index in [0.29, 0.717) is 13.0 Å². The molecular formula is C13H12N2O4. The monoisotopic (exact) mass is 260 g/mol. The van der Waals surface area contributed by atoms with Gasteiger partial charge < -0.3 is 14.8 Å². The van der Waals surface area contributed by atoms with Gasteiger partial charge in [0.2, 0.25) is 5.76 Å². The van der Waals surface area contributed by atoms with Gasteiger partial charge in [0.15, 0.2) is 5.76 Å². The number of carbonyl (C=O) groups excluding carboxylic acids is 1. The summed E-state index contributed by atoms with van der Waals surface area (Å²) in [6, 6.07) is 8.13. The minimum absolute atomic E-state index is 0.0154. The zero-order valence-electron chi connectivity index (χ0n) is 10.00. The van der Waals surface area contributed by atoms with Crippen LogP contribution in [-0.4, -0.2) is 28.5 Å². The van der Waals surface area contributed by atoms with Crippen molar-refractivity contribution in [1.29, 1.82) is 0 Å². The van der Waals surface area contributed by atoms with E-state index >= 15 is 0 Å². The quantitative estimate of drug-likeness (QED) is 0.846. The molecule has 0 saturated carbocycles. The summed E-state index contributed by atoms with van der Waals surface area (Å²) >= 11 is 0. The Morgan fingerprint density at radius 3 is 2.63 bits per heavy atom. The Morgan fingerprint density at radius 1 is 1.21 bits per heavy atom. The van der Waals surface area contributed by atoms with Crippen molar-refractivity contribution < 1.29 is 19.1 Å². The predicted octanol–water partition coefficient (Wildman–Crippen LogP) is 1.35. The number of carboxylic acid groups (broad SMARTS) is 1. The molecule has 2 N–H and O–H groups in total. The topological polar surface area (TPSA) is 92.4 Å². The lowest BCUT2D eigenvalue weighted by Crippen LogP contribution is -2.25. The summed E-state index contributed by atoms with van der Waals surface area (Å²) in [6.07, 6.45) is 2.28. The van der Waals surface area contributed by atoms with E-state index in [1.807, 2.05) is 18.2 Å². The van der Waals surface area contributed by atoms with E-state index in [1.165, 1.54) is 12.1 Å². The van der Waals surface area contributed by atoms with E-state index in [2.05, 4.69) is 10.3 Å². The maximum absolute atomic E-state index is 11.7. The van der Waals surface area contributed by atoms with E-state index in [-0.39, 0.29) is 11.5 Å². The number of hydrogen-bond donors (Lipinski definition) is 2. The van der Waals surface area contributed by atoms with E-state index in [0.717, 1.165) is 5.69 Å². The van der Waals surface area contributed by atoms with E-state index in [1.54, 1.807) is 6.20 Å². The lowest BCUT2D eigenvalue weighted by molar-refractivity contribution is 0.0659. The van der Waals surface area contributed by atoms with Crippen molar-refractivity contribution in [2.75, 3.05) is 6.54 Å². The molecule has 0 bridgehead atoms. The highest BCUT2D eigenvalue weighted by atomic mass is 16.4. The Kier molecular flexibility index (Phi) is 3.92. The summed E-state index contributed by atoms with van der Waals surface area (Å²) in [5, 5.41) is 11.3. The molecule has 98 valence electrons. The van der Waals surface area contributed by atoms with Crippen molar-refractivity contribution in [3.63, 3.8) is 0 Å². The summed E-state index contributed by atoms with van der Waals surface area (Å²) in [4.78, 5) is 26.4. The van der Waals surface area contributed by atoms with Crippen LogP contribution in [0, 0.1) is 0 Å². The number of nitrogens with one attached hydrogen (secondary N) is 1. The maximum atomic E-state index is 11.7. The van der Waals surface area contributed by atoms with Crippen LogP contribution in [0.3, 0.4) is 0 Å². The van der Waals surface area contributed by atoms with Gasteiger partial charge in [0.05, 0.1) is 0 Å². The zero-order chi connectivity index (χ0) is 13.7. The van der Waals surface area contributed by atoms with E-state index < -0.39 is 11.9 Å². The van der Waals surface area contributed by atoms with Crippen LogP contribution in [0.2, 0.25) is 0 Å². The first-order valence-electron chi connectivity index (χ1n) is 5.68. The third kappa shape index (κ3) is 3.41. The normalized spacial score (nSPS) is 10.1. The van der Waals surface area contributed by atoms with Crippen LogP contribution < -0.4 is 5.32 Å². The van der Waals surface area contributed by atoms with Gasteiger partial charge in [-0.2, -0.15) is 0 Å². The van der Waals surface area contributed by atoms with Gasteiger partial charge in [0.1, 0.15) is 0 Å². The number of carboxylic acids is 1.